The molecule has 1 fully saturated rings. The molecule has 64 valence electrons. The van der Waals surface area contributed by atoms with Crippen LogP contribution in [0.2, 0.25) is 0 Å². The summed E-state index contributed by atoms with van der Waals surface area (Å²) in [6.07, 6.45) is 4.90. The van der Waals surface area contributed by atoms with E-state index < -0.39 is 0 Å². The largest absolute Gasteiger partial charge is 0.307 e. The van der Waals surface area contributed by atoms with E-state index in [0.29, 0.717) is 0 Å². The minimum atomic E-state index is 0.845. The third-order valence-electron chi connectivity index (χ3n) is 2.25. The van der Waals surface area contributed by atoms with Crippen molar-refractivity contribution in [1.82, 2.24) is 14.5 Å². The summed E-state index contributed by atoms with van der Waals surface area (Å²) < 4.78 is 2.04. The fourth-order valence-electron chi connectivity index (χ4n) is 1.41. The van der Waals surface area contributed by atoms with E-state index >= 15 is 0 Å². The zero-order valence-electron chi connectivity index (χ0n) is 6.79. The molecule has 3 nitrogen and oxygen atoms in total. The Morgan fingerprint density at radius 3 is 3.17 bits per heavy atom. The molecule has 3 rings (SSSR count). The van der Waals surface area contributed by atoms with E-state index in [1.54, 1.807) is 0 Å². The standard InChI is InChI=1S/C8H11N3S/c1-2-7(1)12-11-5-6-3-9-4-8(6)10-11/h5,7,9H,1-4H2. The van der Waals surface area contributed by atoms with Crippen LogP contribution in [0, 0.1) is 0 Å². The Balaban J connectivity index is 1.82. The van der Waals surface area contributed by atoms with Gasteiger partial charge in [-0.05, 0) is 24.8 Å². The summed E-state index contributed by atoms with van der Waals surface area (Å²) in [5.41, 5.74) is 2.62. The van der Waals surface area contributed by atoms with E-state index in [2.05, 4.69) is 16.6 Å². The lowest BCUT2D eigenvalue weighted by Gasteiger charge is -1.96. The van der Waals surface area contributed by atoms with Crippen LogP contribution >= 0.6 is 11.9 Å². The van der Waals surface area contributed by atoms with Gasteiger partial charge in [0.15, 0.2) is 0 Å². The quantitative estimate of drug-likeness (QED) is 0.742. The van der Waals surface area contributed by atoms with Gasteiger partial charge in [0.2, 0.25) is 0 Å². The minimum absolute atomic E-state index is 0.845. The van der Waals surface area contributed by atoms with E-state index in [4.69, 9.17) is 0 Å². The molecule has 0 radical (unpaired) electrons. The van der Waals surface area contributed by atoms with Crippen LogP contribution < -0.4 is 5.32 Å². The average Bonchev–Trinajstić information content (AvgIpc) is 2.56. The van der Waals surface area contributed by atoms with Crippen LogP contribution in [0.1, 0.15) is 24.1 Å². The fraction of sp³-hybridized carbons (Fsp3) is 0.625. The molecule has 4 heteroatoms. The SMILES string of the molecule is c1c2c(nn1SC1CC1)CNC2. The third-order valence-corrected chi connectivity index (χ3v) is 3.42. The molecule has 1 aromatic rings. The first kappa shape index (κ1) is 6.97. The zero-order valence-corrected chi connectivity index (χ0v) is 7.60. The number of nitrogens with one attached hydrogen (secondary N) is 1. The molecule has 1 aromatic heterocycles. The van der Waals surface area contributed by atoms with Gasteiger partial charge in [0.1, 0.15) is 0 Å². The van der Waals surface area contributed by atoms with Crippen molar-refractivity contribution >= 4 is 11.9 Å². The summed E-state index contributed by atoms with van der Waals surface area (Å²) in [6, 6.07) is 0. The van der Waals surface area contributed by atoms with Crippen molar-refractivity contribution < 1.29 is 0 Å². The highest BCUT2D eigenvalue weighted by Gasteiger charge is 2.24. The molecule has 0 saturated heterocycles. The molecule has 1 aliphatic carbocycles. The summed E-state index contributed by atoms with van der Waals surface area (Å²) >= 11 is 1.87. The third kappa shape index (κ3) is 1.15. The van der Waals surface area contributed by atoms with Crippen molar-refractivity contribution in [2.45, 2.75) is 31.2 Å². The molecule has 2 aliphatic rings. The van der Waals surface area contributed by atoms with E-state index in [-0.39, 0.29) is 0 Å². The summed E-state index contributed by atoms with van der Waals surface area (Å²) in [5, 5.41) is 8.61. The Bertz CT molecular complexity index is 282. The smallest absolute Gasteiger partial charge is 0.0818 e. The number of rotatable bonds is 2. The van der Waals surface area contributed by atoms with Crippen LogP contribution in [0.3, 0.4) is 0 Å². The van der Waals surface area contributed by atoms with Crippen molar-refractivity contribution in [2.75, 3.05) is 0 Å². The second kappa shape index (κ2) is 2.50. The maximum absolute atomic E-state index is 4.49. The van der Waals surface area contributed by atoms with Crippen molar-refractivity contribution in [3.63, 3.8) is 0 Å². The molecule has 0 aromatic carbocycles. The average molecular weight is 181 g/mol. The lowest BCUT2D eigenvalue weighted by Crippen LogP contribution is -2.03. The van der Waals surface area contributed by atoms with Crippen LogP contribution in [0.5, 0.6) is 0 Å². The first-order chi connectivity index (χ1) is 5.92. The molecule has 0 amide bonds. The van der Waals surface area contributed by atoms with Crippen molar-refractivity contribution in [3.05, 3.63) is 17.5 Å². The van der Waals surface area contributed by atoms with Gasteiger partial charge in [-0.2, -0.15) is 5.10 Å². The normalized spacial score (nSPS) is 21.3. The Hall–Kier alpha value is -0.480. The van der Waals surface area contributed by atoms with Crippen molar-refractivity contribution in [3.8, 4) is 0 Å². The summed E-state index contributed by atoms with van der Waals surface area (Å²) in [6.45, 7) is 1.95. The Morgan fingerprint density at radius 2 is 2.42 bits per heavy atom. The Morgan fingerprint density at radius 1 is 1.50 bits per heavy atom. The highest BCUT2D eigenvalue weighted by Crippen LogP contribution is 2.35. The van der Waals surface area contributed by atoms with Crippen LogP contribution in [0.25, 0.3) is 0 Å². The minimum Gasteiger partial charge on any atom is -0.307 e. The number of aromatic nitrogens is 2. The first-order valence-corrected chi connectivity index (χ1v) is 5.21. The number of hydrogen-bond acceptors (Lipinski definition) is 3. The number of hydrogen-bond donors (Lipinski definition) is 1. The highest BCUT2D eigenvalue weighted by molar-refractivity contribution is 7.98. The van der Waals surface area contributed by atoms with Crippen LogP contribution in [-0.2, 0) is 13.1 Å². The molecular weight excluding hydrogens is 170 g/mol. The Kier molecular flexibility index (Phi) is 1.45. The summed E-state index contributed by atoms with van der Waals surface area (Å²) in [5.74, 6) is 0. The van der Waals surface area contributed by atoms with Crippen LogP contribution in [0.15, 0.2) is 6.20 Å². The van der Waals surface area contributed by atoms with Gasteiger partial charge in [0.05, 0.1) is 5.69 Å². The van der Waals surface area contributed by atoms with Crippen LogP contribution in [-0.4, -0.2) is 14.4 Å². The molecule has 1 saturated carbocycles. The molecule has 2 heterocycles. The molecule has 1 N–H and O–H groups in total. The van der Waals surface area contributed by atoms with Gasteiger partial charge in [-0.15, -0.1) is 0 Å². The maximum atomic E-state index is 4.49. The van der Waals surface area contributed by atoms with Gasteiger partial charge in [-0.1, -0.05) is 0 Å². The fourth-order valence-corrected chi connectivity index (χ4v) is 2.40. The van der Waals surface area contributed by atoms with Gasteiger partial charge < -0.3 is 5.32 Å². The van der Waals surface area contributed by atoms with Gasteiger partial charge in [-0.3, -0.25) is 0 Å². The second-order valence-corrected chi connectivity index (χ2v) is 4.66. The predicted octanol–water partition coefficient (Wildman–Crippen LogP) is 1.15. The van der Waals surface area contributed by atoms with E-state index in [1.165, 1.54) is 24.1 Å². The zero-order chi connectivity index (χ0) is 7.97. The molecule has 1 aliphatic heterocycles. The lowest BCUT2D eigenvalue weighted by atomic mass is 10.3. The predicted molar refractivity (Wildman–Crippen MR) is 48.8 cm³/mol. The van der Waals surface area contributed by atoms with E-state index in [9.17, 15) is 0 Å². The molecule has 0 bridgehead atoms. The van der Waals surface area contributed by atoms with Crippen molar-refractivity contribution in [1.29, 1.82) is 0 Å². The van der Waals surface area contributed by atoms with E-state index in [0.717, 1.165) is 18.3 Å². The monoisotopic (exact) mass is 181 g/mol. The van der Waals surface area contributed by atoms with Gasteiger partial charge >= 0.3 is 0 Å². The lowest BCUT2D eigenvalue weighted by molar-refractivity contribution is 0.736. The van der Waals surface area contributed by atoms with Crippen molar-refractivity contribution in [2.24, 2.45) is 0 Å². The molecule has 0 atom stereocenters. The maximum Gasteiger partial charge on any atom is 0.0818 e. The first-order valence-electron chi connectivity index (χ1n) is 4.37. The highest BCUT2D eigenvalue weighted by atomic mass is 32.2. The molecule has 12 heavy (non-hydrogen) atoms. The topological polar surface area (TPSA) is 29.9 Å². The van der Waals surface area contributed by atoms with Crippen LogP contribution in [0.4, 0.5) is 0 Å². The molecular formula is C8H11N3S. The van der Waals surface area contributed by atoms with Gasteiger partial charge in [-0.25, -0.2) is 4.09 Å². The van der Waals surface area contributed by atoms with E-state index in [1.807, 2.05) is 16.0 Å². The number of fused-ring (bicyclic) bond motifs is 1. The van der Waals surface area contributed by atoms with Gasteiger partial charge in [0.25, 0.3) is 0 Å². The molecule has 0 spiro atoms. The Labute approximate surface area is 75.7 Å². The van der Waals surface area contributed by atoms with Gasteiger partial charge in [0, 0.05) is 30.1 Å². The molecule has 0 unspecified atom stereocenters. The summed E-state index contributed by atoms with van der Waals surface area (Å²) in [7, 11) is 0. The summed E-state index contributed by atoms with van der Waals surface area (Å²) in [4.78, 5) is 0. The second-order valence-electron chi connectivity index (χ2n) is 3.41. The number of nitrogens with zero attached hydrogens (tertiary/aromatic N) is 2.